The van der Waals surface area contributed by atoms with Gasteiger partial charge in [-0.3, -0.25) is 9.59 Å². The normalized spacial score (nSPS) is 9.47. The molecular weight excluding hydrogens is 242 g/mol. The molecule has 0 spiro atoms. The van der Waals surface area contributed by atoms with Crippen LogP contribution in [0.25, 0.3) is 10.4 Å². The zero-order chi connectivity index (χ0) is 13.7. The minimum atomic E-state index is -0.585. The summed E-state index contributed by atoms with van der Waals surface area (Å²) in [4.78, 5) is 26.5. The number of hydrogen-bond acceptors (Lipinski definition) is 3. The molecule has 0 radical (unpaired) electrons. The molecule has 19 heavy (non-hydrogen) atoms. The summed E-state index contributed by atoms with van der Waals surface area (Å²) in [6, 6.07) is 14.3. The molecule has 0 saturated heterocycles. The highest BCUT2D eigenvalue weighted by atomic mass is 16.2. The van der Waals surface area contributed by atoms with E-state index in [-0.39, 0.29) is 5.56 Å². The Kier molecular flexibility index (Phi) is 3.71. The number of carbonyl (C=O) groups is 2. The predicted molar refractivity (Wildman–Crippen MR) is 70.4 cm³/mol. The third-order valence-corrected chi connectivity index (χ3v) is 2.53. The summed E-state index contributed by atoms with van der Waals surface area (Å²) in [5.41, 5.74) is 9.29. The molecule has 0 N–H and O–H groups in total. The van der Waals surface area contributed by atoms with Gasteiger partial charge in [0.25, 0.3) is 0 Å². The highest BCUT2D eigenvalue weighted by molar-refractivity contribution is 6.49. The van der Waals surface area contributed by atoms with Gasteiger partial charge < -0.3 is 0 Å². The molecule has 0 unspecified atom stereocenters. The SMILES string of the molecule is [N-]=[N+]=Nc1ccc(C(=O)C(=O)c2ccccc2)cc1. The van der Waals surface area contributed by atoms with E-state index in [0.717, 1.165) is 0 Å². The van der Waals surface area contributed by atoms with E-state index >= 15 is 0 Å². The first-order valence-corrected chi connectivity index (χ1v) is 5.51. The van der Waals surface area contributed by atoms with Crippen molar-refractivity contribution in [1.29, 1.82) is 0 Å². The molecule has 2 aromatic rings. The number of azide groups is 1. The number of ketones is 2. The third kappa shape index (κ3) is 2.86. The zero-order valence-electron chi connectivity index (χ0n) is 9.85. The van der Waals surface area contributed by atoms with Crippen molar-refractivity contribution in [2.45, 2.75) is 0 Å². The van der Waals surface area contributed by atoms with E-state index < -0.39 is 11.6 Å². The molecule has 2 rings (SSSR count). The first-order valence-electron chi connectivity index (χ1n) is 5.51. The Labute approximate surface area is 109 Å². The van der Waals surface area contributed by atoms with Gasteiger partial charge in [0.05, 0.1) is 0 Å². The summed E-state index contributed by atoms with van der Waals surface area (Å²) >= 11 is 0. The summed E-state index contributed by atoms with van der Waals surface area (Å²) in [5, 5.41) is 3.39. The first kappa shape index (κ1) is 12.5. The number of nitrogens with zero attached hydrogens (tertiary/aromatic N) is 3. The van der Waals surface area contributed by atoms with E-state index in [1.165, 1.54) is 24.3 Å². The lowest BCUT2D eigenvalue weighted by atomic mass is 10.0. The summed E-state index contributed by atoms with van der Waals surface area (Å²) in [6.45, 7) is 0. The van der Waals surface area contributed by atoms with Crippen molar-refractivity contribution in [3.8, 4) is 0 Å². The lowest BCUT2D eigenvalue weighted by molar-refractivity contribution is 0.0817. The number of carbonyl (C=O) groups excluding carboxylic acids is 2. The van der Waals surface area contributed by atoms with Gasteiger partial charge in [-0.1, -0.05) is 59.7 Å². The van der Waals surface area contributed by atoms with Crippen LogP contribution < -0.4 is 0 Å². The standard InChI is InChI=1S/C14H9N3O2/c15-17-16-12-8-6-11(7-9-12)14(19)13(18)10-4-2-1-3-5-10/h1-9H. The molecule has 0 heterocycles. The van der Waals surface area contributed by atoms with Crippen LogP contribution in [-0.4, -0.2) is 11.6 Å². The van der Waals surface area contributed by atoms with Crippen molar-refractivity contribution in [2.24, 2.45) is 5.11 Å². The van der Waals surface area contributed by atoms with Crippen LogP contribution in [-0.2, 0) is 0 Å². The van der Waals surface area contributed by atoms with Crippen molar-refractivity contribution >= 4 is 17.3 Å². The molecule has 0 aliphatic heterocycles. The maximum absolute atomic E-state index is 12.0. The van der Waals surface area contributed by atoms with E-state index in [0.29, 0.717) is 11.3 Å². The van der Waals surface area contributed by atoms with Crippen LogP contribution >= 0.6 is 0 Å². The molecule has 0 amide bonds. The second-order valence-corrected chi connectivity index (χ2v) is 3.76. The molecule has 0 saturated carbocycles. The largest absolute Gasteiger partial charge is 0.285 e. The molecule has 5 nitrogen and oxygen atoms in total. The molecule has 0 aliphatic rings. The van der Waals surface area contributed by atoms with E-state index in [1.54, 1.807) is 30.3 Å². The number of hydrogen-bond donors (Lipinski definition) is 0. The first-order chi connectivity index (χ1) is 9.22. The fourth-order valence-corrected chi connectivity index (χ4v) is 1.58. The van der Waals surface area contributed by atoms with Crippen LogP contribution in [0.1, 0.15) is 20.7 Å². The minimum Gasteiger partial charge on any atom is -0.285 e. The van der Waals surface area contributed by atoms with Gasteiger partial charge in [-0.15, -0.1) is 0 Å². The highest BCUT2D eigenvalue weighted by Crippen LogP contribution is 2.15. The Morgan fingerprint density at radius 2 is 1.37 bits per heavy atom. The Morgan fingerprint density at radius 3 is 1.89 bits per heavy atom. The molecular formula is C14H9N3O2. The van der Waals surface area contributed by atoms with Gasteiger partial charge in [0.1, 0.15) is 0 Å². The van der Waals surface area contributed by atoms with E-state index in [2.05, 4.69) is 10.0 Å². The highest BCUT2D eigenvalue weighted by Gasteiger charge is 2.17. The maximum Gasteiger partial charge on any atom is 0.233 e. The summed E-state index contributed by atoms with van der Waals surface area (Å²) in [5.74, 6) is -1.14. The minimum absolute atomic E-state index is 0.269. The lowest BCUT2D eigenvalue weighted by Gasteiger charge is -2.01. The zero-order valence-corrected chi connectivity index (χ0v) is 9.85. The van der Waals surface area contributed by atoms with E-state index in [1.807, 2.05) is 0 Å². The summed E-state index contributed by atoms with van der Waals surface area (Å²) in [7, 11) is 0. The molecule has 5 heteroatoms. The van der Waals surface area contributed by atoms with Crippen molar-refractivity contribution in [3.63, 3.8) is 0 Å². The van der Waals surface area contributed by atoms with Crippen molar-refractivity contribution in [1.82, 2.24) is 0 Å². The molecule has 0 aromatic heterocycles. The van der Waals surface area contributed by atoms with E-state index in [9.17, 15) is 9.59 Å². The molecule has 2 aromatic carbocycles. The number of benzene rings is 2. The van der Waals surface area contributed by atoms with Crippen molar-refractivity contribution < 1.29 is 9.59 Å². The van der Waals surface area contributed by atoms with Crippen LogP contribution in [0.15, 0.2) is 59.7 Å². The van der Waals surface area contributed by atoms with Crippen molar-refractivity contribution in [2.75, 3.05) is 0 Å². The molecule has 0 fully saturated rings. The fraction of sp³-hybridized carbons (Fsp3) is 0. The predicted octanol–water partition coefficient (Wildman–Crippen LogP) is 3.69. The second kappa shape index (κ2) is 5.62. The fourth-order valence-electron chi connectivity index (χ4n) is 1.58. The molecule has 0 aliphatic carbocycles. The van der Waals surface area contributed by atoms with Gasteiger partial charge in [0, 0.05) is 21.7 Å². The van der Waals surface area contributed by atoms with Crippen LogP contribution in [0, 0.1) is 0 Å². The topological polar surface area (TPSA) is 82.9 Å². The van der Waals surface area contributed by atoms with Gasteiger partial charge in [-0.25, -0.2) is 0 Å². The molecule has 0 atom stereocenters. The van der Waals surface area contributed by atoms with Crippen LogP contribution in [0.5, 0.6) is 0 Å². The Hall–Kier alpha value is -2.91. The van der Waals surface area contributed by atoms with Gasteiger partial charge >= 0.3 is 0 Å². The van der Waals surface area contributed by atoms with Gasteiger partial charge in [-0.05, 0) is 5.53 Å². The summed E-state index contributed by atoms with van der Waals surface area (Å²) < 4.78 is 0. The number of rotatable bonds is 4. The average Bonchev–Trinajstić information content (AvgIpc) is 2.48. The summed E-state index contributed by atoms with van der Waals surface area (Å²) in [6.07, 6.45) is 0. The third-order valence-electron chi connectivity index (χ3n) is 2.53. The van der Waals surface area contributed by atoms with Crippen LogP contribution in [0.2, 0.25) is 0 Å². The smallest absolute Gasteiger partial charge is 0.233 e. The van der Waals surface area contributed by atoms with Crippen LogP contribution in [0.4, 0.5) is 5.69 Å². The Bertz CT molecular complexity index is 657. The van der Waals surface area contributed by atoms with Crippen molar-refractivity contribution in [3.05, 3.63) is 76.2 Å². The Balaban J connectivity index is 2.25. The quantitative estimate of drug-likeness (QED) is 0.273. The molecule has 92 valence electrons. The average molecular weight is 251 g/mol. The lowest BCUT2D eigenvalue weighted by Crippen LogP contribution is -2.14. The van der Waals surface area contributed by atoms with E-state index in [4.69, 9.17) is 5.53 Å². The van der Waals surface area contributed by atoms with Gasteiger partial charge in [0.2, 0.25) is 11.6 Å². The van der Waals surface area contributed by atoms with Gasteiger partial charge in [0.15, 0.2) is 0 Å². The maximum atomic E-state index is 12.0. The monoisotopic (exact) mass is 251 g/mol. The number of Topliss-reactive ketones (excluding diaryl/α,β-unsaturated/α-hetero) is 2. The Morgan fingerprint density at radius 1 is 0.842 bits per heavy atom. The van der Waals surface area contributed by atoms with Crippen LogP contribution in [0.3, 0.4) is 0 Å². The second-order valence-electron chi connectivity index (χ2n) is 3.76. The van der Waals surface area contributed by atoms with Gasteiger partial charge in [-0.2, -0.15) is 0 Å². The molecule has 0 bridgehead atoms.